The lowest BCUT2D eigenvalue weighted by Crippen LogP contribution is -2.29. The molecule has 0 aliphatic carbocycles. The molecule has 6 rings (SSSR count). The molecular weight excluding hydrogens is 476 g/mol. The number of rotatable bonds is 9. The molecular formula is C26H28N6O5. The van der Waals surface area contributed by atoms with Gasteiger partial charge >= 0.3 is 0 Å². The molecule has 37 heavy (non-hydrogen) atoms. The standard InChI is InChI=1S/C26H28N6O5/c1-34-20-6-5-18-10-19(26(33)27-22(18)11-20)13-31(12-17-4-7-23-24(9-17)37-16-36-23)15-25-28-29-30-32(25)14-21-3-2-8-35-21/h4-7,9-11,21H,2-3,8,12-16H2,1H3,(H,27,33)/t21-/m0/s1. The number of H-pyrrole nitrogens is 1. The van der Waals surface area contributed by atoms with E-state index in [2.05, 4.69) is 25.4 Å². The zero-order valence-electron chi connectivity index (χ0n) is 20.6. The van der Waals surface area contributed by atoms with Crippen molar-refractivity contribution in [3.63, 3.8) is 0 Å². The Labute approximate surface area is 212 Å². The van der Waals surface area contributed by atoms with E-state index >= 15 is 0 Å². The number of aromatic amines is 1. The summed E-state index contributed by atoms with van der Waals surface area (Å²) in [4.78, 5) is 18.2. The lowest BCUT2D eigenvalue weighted by atomic mass is 10.1. The predicted molar refractivity (Wildman–Crippen MR) is 133 cm³/mol. The molecule has 1 fully saturated rings. The lowest BCUT2D eigenvalue weighted by molar-refractivity contribution is 0.0914. The fraction of sp³-hybridized carbons (Fsp3) is 0.385. The summed E-state index contributed by atoms with van der Waals surface area (Å²) >= 11 is 0. The summed E-state index contributed by atoms with van der Waals surface area (Å²) in [6, 6.07) is 13.5. The summed E-state index contributed by atoms with van der Waals surface area (Å²) in [5.74, 6) is 2.87. The number of aromatic nitrogens is 5. The minimum atomic E-state index is -0.143. The number of pyridine rings is 1. The van der Waals surface area contributed by atoms with Gasteiger partial charge in [-0.05, 0) is 64.5 Å². The van der Waals surface area contributed by atoms with Crippen LogP contribution in [0.4, 0.5) is 0 Å². The van der Waals surface area contributed by atoms with Crippen molar-refractivity contribution in [3.8, 4) is 17.2 Å². The third kappa shape index (κ3) is 5.13. The topological polar surface area (TPSA) is 117 Å². The van der Waals surface area contributed by atoms with Crippen LogP contribution in [0.5, 0.6) is 17.2 Å². The first-order valence-corrected chi connectivity index (χ1v) is 12.3. The summed E-state index contributed by atoms with van der Waals surface area (Å²) in [7, 11) is 1.61. The summed E-state index contributed by atoms with van der Waals surface area (Å²) in [6.45, 7) is 3.02. The number of tetrazole rings is 1. The molecule has 2 aliphatic heterocycles. The third-order valence-electron chi connectivity index (χ3n) is 6.74. The highest BCUT2D eigenvalue weighted by molar-refractivity contribution is 5.80. The number of hydrogen-bond acceptors (Lipinski definition) is 9. The largest absolute Gasteiger partial charge is 0.497 e. The van der Waals surface area contributed by atoms with Crippen LogP contribution in [0.25, 0.3) is 10.9 Å². The molecule has 1 atom stereocenters. The van der Waals surface area contributed by atoms with Gasteiger partial charge in [0.05, 0.1) is 31.8 Å². The van der Waals surface area contributed by atoms with E-state index < -0.39 is 0 Å². The number of nitrogens with one attached hydrogen (secondary N) is 1. The van der Waals surface area contributed by atoms with Crippen LogP contribution in [0, 0.1) is 0 Å². The predicted octanol–water partition coefficient (Wildman–Crippen LogP) is 2.63. The molecule has 11 nitrogen and oxygen atoms in total. The quantitative estimate of drug-likeness (QED) is 0.367. The molecule has 1 saturated heterocycles. The highest BCUT2D eigenvalue weighted by Crippen LogP contribution is 2.33. The smallest absolute Gasteiger partial charge is 0.252 e. The number of ether oxygens (including phenoxy) is 4. The molecule has 2 aromatic carbocycles. The average molecular weight is 505 g/mol. The Hall–Kier alpha value is -3.96. The number of nitrogens with zero attached hydrogens (tertiary/aromatic N) is 5. The molecule has 2 aromatic heterocycles. The van der Waals surface area contributed by atoms with Crippen molar-refractivity contribution in [2.75, 3.05) is 20.5 Å². The molecule has 0 radical (unpaired) electrons. The minimum Gasteiger partial charge on any atom is -0.497 e. The zero-order chi connectivity index (χ0) is 25.2. The average Bonchev–Trinajstić information content (AvgIpc) is 3.67. The van der Waals surface area contributed by atoms with Gasteiger partial charge in [-0.3, -0.25) is 9.69 Å². The molecule has 0 saturated carbocycles. The Morgan fingerprint density at radius 1 is 1.11 bits per heavy atom. The molecule has 192 valence electrons. The van der Waals surface area contributed by atoms with Crippen LogP contribution in [0.2, 0.25) is 0 Å². The van der Waals surface area contributed by atoms with Gasteiger partial charge in [0, 0.05) is 31.3 Å². The monoisotopic (exact) mass is 504 g/mol. The summed E-state index contributed by atoms with van der Waals surface area (Å²) < 4.78 is 23.9. The summed E-state index contributed by atoms with van der Waals surface area (Å²) in [6.07, 6.45) is 2.16. The fourth-order valence-corrected chi connectivity index (χ4v) is 4.84. The lowest BCUT2D eigenvalue weighted by Gasteiger charge is -2.22. The van der Waals surface area contributed by atoms with E-state index in [1.54, 1.807) is 11.8 Å². The molecule has 4 heterocycles. The first-order valence-electron chi connectivity index (χ1n) is 12.3. The fourth-order valence-electron chi connectivity index (χ4n) is 4.84. The van der Waals surface area contributed by atoms with Gasteiger partial charge in [-0.25, -0.2) is 4.68 Å². The molecule has 4 aromatic rings. The number of fused-ring (bicyclic) bond motifs is 2. The maximum atomic E-state index is 13.1. The van der Waals surface area contributed by atoms with Crippen molar-refractivity contribution in [1.82, 2.24) is 30.1 Å². The van der Waals surface area contributed by atoms with Crippen molar-refractivity contribution in [1.29, 1.82) is 0 Å². The Bertz CT molecular complexity index is 1460. The Balaban J connectivity index is 1.29. The molecule has 0 bridgehead atoms. The van der Waals surface area contributed by atoms with Crippen LogP contribution in [-0.2, 0) is 30.9 Å². The van der Waals surface area contributed by atoms with Gasteiger partial charge in [0.25, 0.3) is 5.56 Å². The van der Waals surface area contributed by atoms with Crippen molar-refractivity contribution in [2.24, 2.45) is 0 Å². The second-order valence-corrected chi connectivity index (χ2v) is 9.32. The van der Waals surface area contributed by atoms with Crippen LogP contribution in [-0.4, -0.2) is 56.7 Å². The Kier molecular flexibility index (Phi) is 6.46. The second-order valence-electron chi connectivity index (χ2n) is 9.32. The SMILES string of the molecule is COc1ccc2cc(CN(Cc3ccc4c(c3)OCO4)Cc3nnnn3C[C@@H]3CCCO3)c(=O)[nH]c2c1. The van der Waals surface area contributed by atoms with Gasteiger partial charge in [0.2, 0.25) is 6.79 Å². The Morgan fingerprint density at radius 2 is 2.03 bits per heavy atom. The first-order chi connectivity index (χ1) is 18.1. The van der Waals surface area contributed by atoms with Gasteiger partial charge in [0.15, 0.2) is 17.3 Å². The van der Waals surface area contributed by atoms with Crippen molar-refractivity contribution in [3.05, 3.63) is 69.8 Å². The van der Waals surface area contributed by atoms with E-state index in [-0.39, 0.29) is 18.5 Å². The van der Waals surface area contributed by atoms with E-state index in [9.17, 15) is 4.79 Å². The number of benzene rings is 2. The van der Waals surface area contributed by atoms with Crippen LogP contribution in [0.1, 0.15) is 29.8 Å². The summed E-state index contributed by atoms with van der Waals surface area (Å²) in [5, 5.41) is 13.3. The van der Waals surface area contributed by atoms with Crippen molar-refractivity contribution < 1.29 is 18.9 Å². The van der Waals surface area contributed by atoms with E-state index in [1.807, 2.05) is 42.5 Å². The highest BCUT2D eigenvalue weighted by atomic mass is 16.7. The highest BCUT2D eigenvalue weighted by Gasteiger charge is 2.21. The van der Waals surface area contributed by atoms with Crippen molar-refractivity contribution in [2.45, 2.75) is 45.1 Å². The van der Waals surface area contributed by atoms with Gasteiger partial charge in [-0.1, -0.05) is 6.07 Å². The van der Waals surface area contributed by atoms with E-state index in [0.717, 1.165) is 53.2 Å². The number of methoxy groups -OCH3 is 1. The maximum absolute atomic E-state index is 13.1. The number of hydrogen-bond donors (Lipinski definition) is 1. The molecule has 0 amide bonds. The molecule has 1 N–H and O–H groups in total. The Morgan fingerprint density at radius 3 is 2.89 bits per heavy atom. The summed E-state index contributed by atoms with van der Waals surface area (Å²) in [5.41, 5.74) is 2.27. The van der Waals surface area contributed by atoms with E-state index in [0.29, 0.717) is 37.5 Å². The van der Waals surface area contributed by atoms with Gasteiger partial charge in [-0.2, -0.15) is 0 Å². The van der Waals surface area contributed by atoms with Crippen LogP contribution < -0.4 is 19.8 Å². The second kappa shape index (κ2) is 10.2. The van der Waals surface area contributed by atoms with Gasteiger partial charge < -0.3 is 23.9 Å². The van der Waals surface area contributed by atoms with Gasteiger partial charge in [-0.15, -0.1) is 5.10 Å². The van der Waals surface area contributed by atoms with Crippen molar-refractivity contribution >= 4 is 10.9 Å². The molecule has 0 spiro atoms. The normalized spacial score (nSPS) is 16.6. The first kappa shape index (κ1) is 23.4. The van der Waals surface area contributed by atoms with Crippen LogP contribution in [0.3, 0.4) is 0 Å². The molecule has 2 aliphatic rings. The molecule has 11 heteroatoms. The third-order valence-corrected chi connectivity index (χ3v) is 6.74. The molecule has 0 unspecified atom stereocenters. The van der Waals surface area contributed by atoms with Crippen LogP contribution in [0.15, 0.2) is 47.3 Å². The zero-order valence-corrected chi connectivity index (χ0v) is 20.6. The van der Waals surface area contributed by atoms with Crippen LogP contribution >= 0.6 is 0 Å². The minimum absolute atomic E-state index is 0.116. The maximum Gasteiger partial charge on any atom is 0.252 e. The van der Waals surface area contributed by atoms with Gasteiger partial charge in [0.1, 0.15) is 5.75 Å². The van der Waals surface area contributed by atoms with E-state index in [1.165, 1.54) is 0 Å². The van der Waals surface area contributed by atoms with E-state index in [4.69, 9.17) is 18.9 Å².